The Morgan fingerprint density at radius 2 is 0.824 bits per heavy atom. The zero-order chi connectivity index (χ0) is 26.3. The van der Waals surface area contributed by atoms with Gasteiger partial charge in [0.1, 0.15) is 23.4 Å². The van der Waals surface area contributed by atoms with Gasteiger partial charge in [-0.2, -0.15) is 0 Å². The predicted molar refractivity (Wildman–Crippen MR) is 135 cm³/mol. The van der Waals surface area contributed by atoms with E-state index in [0.717, 1.165) is 51.4 Å². The SMILES string of the molecule is CC(C)CCCCCC(=O)C(C(=O)OOC(=O)C(C(=O)CCCCCC(C)C)C(C)C)C(C)C. The molecule has 34 heavy (non-hydrogen) atoms. The number of unbranched alkanes of at least 4 members (excludes halogenated alkanes) is 4. The van der Waals surface area contributed by atoms with Gasteiger partial charge in [-0.3, -0.25) is 9.59 Å². The number of carbonyl (C=O) groups excluding carboxylic acids is 4. The number of hydrogen-bond acceptors (Lipinski definition) is 6. The molecule has 0 bridgehead atoms. The summed E-state index contributed by atoms with van der Waals surface area (Å²) in [6.45, 7) is 15.7. The Kier molecular flexibility index (Phi) is 16.8. The zero-order valence-corrected chi connectivity index (χ0v) is 23.0. The van der Waals surface area contributed by atoms with Crippen molar-refractivity contribution in [3.05, 3.63) is 0 Å². The lowest BCUT2D eigenvalue weighted by Crippen LogP contribution is -2.34. The van der Waals surface area contributed by atoms with Crippen LogP contribution in [-0.4, -0.2) is 23.5 Å². The van der Waals surface area contributed by atoms with Crippen LogP contribution in [0.2, 0.25) is 0 Å². The summed E-state index contributed by atoms with van der Waals surface area (Å²) >= 11 is 0. The van der Waals surface area contributed by atoms with Crippen molar-refractivity contribution in [2.45, 2.75) is 120 Å². The molecule has 0 amide bonds. The molecule has 0 saturated carbocycles. The summed E-state index contributed by atoms with van der Waals surface area (Å²) < 4.78 is 0. The van der Waals surface area contributed by atoms with E-state index in [1.54, 1.807) is 27.7 Å². The van der Waals surface area contributed by atoms with Crippen molar-refractivity contribution in [1.82, 2.24) is 0 Å². The van der Waals surface area contributed by atoms with Crippen LogP contribution in [0.15, 0.2) is 0 Å². The van der Waals surface area contributed by atoms with Crippen LogP contribution in [0.5, 0.6) is 0 Å². The first-order valence-corrected chi connectivity index (χ1v) is 13.4. The normalized spacial score (nSPS) is 13.4. The Bertz CT molecular complexity index is 566. The van der Waals surface area contributed by atoms with Crippen LogP contribution in [0.4, 0.5) is 0 Å². The van der Waals surface area contributed by atoms with E-state index in [1.165, 1.54) is 0 Å². The summed E-state index contributed by atoms with van der Waals surface area (Å²) in [5, 5.41) is 0. The van der Waals surface area contributed by atoms with E-state index in [1.807, 2.05) is 0 Å². The van der Waals surface area contributed by atoms with Gasteiger partial charge in [0.25, 0.3) is 0 Å². The van der Waals surface area contributed by atoms with Gasteiger partial charge in [0, 0.05) is 12.8 Å². The van der Waals surface area contributed by atoms with Crippen LogP contribution in [0.25, 0.3) is 0 Å². The summed E-state index contributed by atoms with van der Waals surface area (Å²) in [4.78, 5) is 60.0. The van der Waals surface area contributed by atoms with E-state index in [2.05, 4.69) is 27.7 Å². The van der Waals surface area contributed by atoms with Gasteiger partial charge in [-0.25, -0.2) is 19.4 Å². The maximum atomic E-state index is 12.6. The average Bonchev–Trinajstić information content (AvgIpc) is 2.70. The number of Topliss-reactive ketones (excluding diaryl/α,β-unsaturated/α-hetero) is 2. The largest absolute Gasteiger partial charge is 0.366 e. The van der Waals surface area contributed by atoms with Crippen LogP contribution in [0, 0.1) is 35.5 Å². The highest BCUT2D eigenvalue weighted by Gasteiger charge is 2.35. The zero-order valence-electron chi connectivity index (χ0n) is 23.0. The first-order valence-electron chi connectivity index (χ1n) is 13.4. The van der Waals surface area contributed by atoms with Crippen molar-refractivity contribution in [3.63, 3.8) is 0 Å². The third-order valence-electron chi connectivity index (χ3n) is 6.15. The fourth-order valence-electron chi connectivity index (χ4n) is 4.10. The van der Waals surface area contributed by atoms with Crippen molar-refractivity contribution in [3.8, 4) is 0 Å². The third-order valence-corrected chi connectivity index (χ3v) is 6.15. The van der Waals surface area contributed by atoms with E-state index >= 15 is 0 Å². The molecule has 0 radical (unpaired) electrons. The molecule has 0 aliphatic carbocycles. The smallest absolute Gasteiger partial charge is 0.299 e. The Balaban J connectivity index is 4.72. The maximum absolute atomic E-state index is 12.6. The molecular weight excluding hydrogens is 432 g/mol. The predicted octanol–water partition coefficient (Wildman–Crippen LogP) is 6.88. The lowest BCUT2D eigenvalue weighted by molar-refractivity contribution is -0.265. The molecule has 0 aliphatic heterocycles. The van der Waals surface area contributed by atoms with Crippen molar-refractivity contribution < 1.29 is 29.0 Å². The van der Waals surface area contributed by atoms with Crippen LogP contribution in [0.3, 0.4) is 0 Å². The molecule has 0 aromatic heterocycles. The van der Waals surface area contributed by atoms with Crippen molar-refractivity contribution in [2.75, 3.05) is 0 Å². The lowest BCUT2D eigenvalue weighted by atomic mass is 9.88. The van der Waals surface area contributed by atoms with E-state index in [9.17, 15) is 19.2 Å². The molecule has 0 spiro atoms. The van der Waals surface area contributed by atoms with Gasteiger partial charge in [-0.05, 0) is 36.5 Å². The van der Waals surface area contributed by atoms with Gasteiger partial charge in [0.05, 0.1) is 0 Å². The highest BCUT2D eigenvalue weighted by atomic mass is 17.2. The fourth-order valence-corrected chi connectivity index (χ4v) is 4.10. The van der Waals surface area contributed by atoms with Gasteiger partial charge >= 0.3 is 11.9 Å². The fraction of sp³-hybridized carbons (Fsp3) is 0.857. The monoisotopic (exact) mass is 482 g/mol. The summed E-state index contributed by atoms with van der Waals surface area (Å²) in [5.74, 6) is -3.36. The molecule has 6 nitrogen and oxygen atoms in total. The summed E-state index contributed by atoms with van der Waals surface area (Å²) in [7, 11) is 0. The van der Waals surface area contributed by atoms with Crippen LogP contribution in [-0.2, 0) is 29.0 Å². The topological polar surface area (TPSA) is 86.7 Å². The first kappa shape index (κ1) is 32.3. The first-order chi connectivity index (χ1) is 15.9. The lowest BCUT2D eigenvalue weighted by Gasteiger charge is -2.19. The van der Waals surface area contributed by atoms with E-state index in [4.69, 9.17) is 9.78 Å². The van der Waals surface area contributed by atoms with Crippen molar-refractivity contribution >= 4 is 23.5 Å². The summed E-state index contributed by atoms with van der Waals surface area (Å²) in [6.07, 6.45) is 8.28. The third kappa shape index (κ3) is 13.9. The average molecular weight is 483 g/mol. The second-order valence-corrected chi connectivity index (χ2v) is 11.2. The minimum absolute atomic E-state index is 0.196. The standard InChI is InChI=1S/C28H50O6/c1-19(2)15-11-9-13-17-23(29)25(21(5)6)27(31)33-34-28(32)26(22(7)8)24(30)18-14-10-12-16-20(3)4/h19-22,25-26H,9-18H2,1-8H3. The molecule has 0 aliphatic rings. The minimum atomic E-state index is -0.980. The van der Waals surface area contributed by atoms with Crippen molar-refractivity contribution in [2.24, 2.45) is 35.5 Å². The molecule has 198 valence electrons. The van der Waals surface area contributed by atoms with E-state index in [-0.39, 0.29) is 23.4 Å². The second-order valence-electron chi connectivity index (χ2n) is 11.2. The van der Waals surface area contributed by atoms with Crippen LogP contribution < -0.4 is 0 Å². The molecule has 0 saturated heterocycles. The van der Waals surface area contributed by atoms with Gasteiger partial charge in [0.15, 0.2) is 0 Å². The van der Waals surface area contributed by atoms with Crippen LogP contribution in [0.1, 0.15) is 120 Å². The number of carbonyl (C=O) groups is 4. The maximum Gasteiger partial charge on any atom is 0.366 e. The minimum Gasteiger partial charge on any atom is -0.299 e. The molecule has 0 N–H and O–H groups in total. The molecule has 0 fully saturated rings. The Labute approximate surface area is 207 Å². The second kappa shape index (κ2) is 17.7. The van der Waals surface area contributed by atoms with E-state index in [0.29, 0.717) is 24.7 Å². The van der Waals surface area contributed by atoms with Crippen molar-refractivity contribution in [1.29, 1.82) is 0 Å². The number of ketones is 2. The van der Waals surface area contributed by atoms with Gasteiger partial charge in [-0.15, -0.1) is 0 Å². The molecular formula is C28H50O6. The summed E-state index contributed by atoms with van der Waals surface area (Å²) in [5.41, 5.74) is 0. The molecule has 0 heterocycles. The Morgan fingerprint density at radius 1 is 0.500 bits per heavy atom. The van der Waals surface area contributed by atoms with E-state index < -0.39 is 23.8 Å². The molecule has 6 heteroatoms. The quantitative estimate of drug-likeness (QED) is 0.0915. The highest BCUT2D eigenvalue weighted by molar-refractivity contribution is 6.01. The molecule has 0 rings (SSSR count). The van der Waals surface area contributed by atoms with Gasteiger partial charge in [-0.1, -0.05) is 93.9 Å². The van der Waals surface area contributed by atoms with Gasteiger partial charge in [0.2, 0.25) is 0 Å². The summed E-state index contributed by atoms with van der Waals surface area (Å²) in [6, 6.07) is 0. The Morgan fingerprint density at radius 3 is 1.09 bits per heavy atom. The molecule has 2 unspecified atom stereocenters. The highest BCUT2D eigenvalue weighted by Crippen LogP contribution is 2.22. The number of hydrogen-bond donors (Lipinski definition) is 0. The molecule has 2 atom stereocenters. The van der Waals surface area contributed by atoms with Gasteiger partial charge < -0.3 is 0 Å². The molecule has 0 aromatic carbocycles. The number of rotatable bonds is 18. The Hall–Kier alpha value is -1.72. The molecule has 0 aromatic rings. The van der Waals surface area contributed by atoms with Crippen LogP contribution >= 0.6 is 0 Å².